The highest BCUT2D eigenvalue weighted by atomic mass is 16.6. The van der Waals surface area contributed by atoms with Gasteiger partial charge in [-0.25, -0.2) is 0 Å². The highest BCUT2D eigenvalue weighted by Crippen LogP contribution is 2.20. The van der Waals surface area contributed by atoms with Crippen LogP contribution in [0.1, 0.15) is 34.6 Å². The summed E-state index contributed by atoms with van der Waals surface area (Å²) < 4.78 is 28.7. The Balaban J connectivity index is 5.77. The van der Waals surface area contributed by atoms with E-state index in [4.69, 9.17) is 23.7 Å². The minimum absolute atomic E-state index is 0.231. The fourth-order valence-corrected chi connectivity index (χ4v) is 2.13. The van der Waals surface area contributed by atoms with Crippen LogP contribution in [0.2, 0.25) is 0 Å². The van der Waals surface area contributed by atoms with E-state index >= 15 is 0 Å². The first-order valence-corrected chi connectivity index (χ1v) is 9.10. The molecule has 0 radical (unpaired) electrons. The maximum Gasteiger partial charge on any atom is 0.178 e. The second-order valence-electron chi connectivity index (χ2n) is 5.41. The Hall–Kier alpha value is -2.34. The third-order valence-corrected chi connectivity index (χ3v) is 3.25. The van der Waals surface area contributed by atoms with Crippen molar-refractivity contribution in [1.29, 1.82) is 0 Å². The van der Waals surface area contributed by atoms with Gasteiger partial charge in [-0.2, -0.15) is 0 Å². The van der Waals surface area contributed by atoms with E-state index in [2.05, 4.69) is 0 Å². The van der Waals surface area contributed by atoms with E-state index in [9.17, 15) is 5.11 Å². The van der Waals surface area contributed by atoms with Crippen LogP contribution < -0.4 is 0 Å². The summed E-state index contributed by atoms with van der Waals surface area (Å²) in [5.74, 6) is 0. The topological polar surface area (TPSA) is 66.4 Å². The molecule has 0 aliphatic carbocycles. The molecule has 0 saturated heterocycles. The Kier molecular flexibility index (Phi) is 15.6. The second kappa shape index (κ2) is 17.1. The van der Waals surface area contributed by atoms with Gasteiger partial charge < -0.3 is 28.8 Å². The van der Waals surface area contributed by atoms with Crippen LogP contribution in [0.25, 0.3) is 0 Å². The third-order valence-electron chi connectivity index (χ3n) is 3.25. The molecule has 0 unspecified atom stereocenters. The first-order valence-electron chi connectivity index (χ1n) is 9.10. The van der Waals surface area contributed by atoms with Crippen LogP contribution >= 0.6 is 0 Å². The Morgan fingerprint density at radius 3 is 1.44 bits per heavy atom. The van der Waals surface area contributed by atoms with Gasteiger partial charge in [-0.1, -0.05) is 30.4 Å². The number of hydrogen-bond acceptors (Lipinski definition) is 6. The fourth-order valence-electron chi connectivity index (χ4n) is 2.13. The van der Waals surface area contributed by atoms with Crippen molar-refractivity contribution in [2.45, 2.75) is 59.0 Å². The molecule has 27 heavy (non-hydrogen) atoms. The second-order valence-corrected chi connectivity index (χ2v) is 5.41. The monoisotopic (exact) mass is 382 g/mol. The minimum atomic E-state index is -0.661. The summed E-state index contributed by atoms with van der Waals surface area (Å²) in [5, 5.41) is 9.83. The van der Waals surface area contributed by atoms with Gasteiger partial charge >= 0.3 is 0 Å². The van der Waals surface area contributed by atoms with Crippen molar-refractivity contribution in [1.82, 2.24) is 0 Å². The van der Waals surface area contributed by atoms with E-state index in [1.165, 1.54) is 12.5 Å². The molecule has 0 aromatic heterocycles. The van der Waals surface area contributed by atoms with Crippen LogP contribution in [-0.4, -0.2) is 42.7 Å². The fraction of sp³-hybridized carbons (Fsp3) is 0.524. The molecular formula is C21H34O6. The first kappa shape index (κ1) is 24.7. The summed E-state index contributed by atoms with van der Waals surface area (Å²) in [5.41, 5.74) is 0. The average molecular weight is 382 g/mol. The van der Waals surface area contributed by atoms with E-state index in [0.29, 0.717) is 0 Å². The lowest BCUT2D eigenvalue weighted by Gasteiger charge is -2.34. The molecule has 0 rings (SSSR count). The zero-order chi connectivity index (χ0) is 20.3. The van der Waals surface area contributed by atoms with E-state index in [-0.39, 0.29) is 13.2 Å². The van der Waals surface area contributed by atoms with Crippen molar-refractivity contribution in [3.05, 3.63) is 61.7 Å². The molecule has 0 aliphatic heterocycles. The predicted octanol–water partition coefficient (Wildman–Crippen LogP) is 4.20. The van der Waals surface area contributed by atoms with Crippen molar-refractivity contribution in [3.63, 3.8) is 0 Å². The molecule has 0 heterocycles. The molecule has 154 valence electrons. The molecule has 0 fully saturated rings. The third kappa shape index (κ3) is 10.4. The first-order chi connectivity index (χ1) is 13.2. The van der Waals surface area contributed by atoms with E-state index in [1.807, 2.05) is 34.6 Å². The predicted molar refractivity (Wildman–Crippen MR) is 107 cm³/mol. The van der Waals surface area contributed by atoms with Crippen molar-refractivity contribution >= 4 is 0 Å². The van der Waals surface area contributed by atoms with Gasteiger partial charge in [0.2, 0.25) is 0 Å². The smallest absolute Gasteiger partial charge is 0.178 e. The number of hydrogen-bond donors (Lipinski definition) is 1. The van der Waals surface area contributed by atoms with Gasteiger partial charge in [0.05, 0.1) is 37.9 Å². The zero-order valence-corrected chi connectivity index (χ0v) is 17.0. The maximum absolute atomic E-state index is 9.83. The van der Waals surface area contributed by atoms with Gasteiger partial charge in [-0.05, 0) is 34.6 Å². The lowest BCUT2D eigenvalue weighted by Crippen LogP contribution is -2.50. The van der Waals surface area contributed by atoms with E-state index in [0.717, 1.165) is 0 Å². The molecule has 0 saturated carbocycles. The van der Waals surface area contributed by atoms with Gasteiger partial charge in [0, 0.05) is 0 Å². The van der Waals surface area contributed by atoms with Crippen molar-refractivity contribution in [2.75, 3.05) is 13.2 Å². The number of aliphatic hydroxyl groups excluding tert-OH is 1. The molecular weight excluding hydrogens is 348 g/mol. The van der Waals surface area contributed by atoms with Gasteiger partial charge in [0.25, 0.3) is 0 Å². The normalized spacial score (nSPS) is 17.0. The molecule has 0 spiro atoms. The summed E-state index contributed by atoms with van der Waals surface area (Å²) in [4.78, 5) is 0. The van der Waals surface area contributed by atoms with Gasteiger partial charge in [-0.15, -0.1) is 0 Å². The van der Waals surface area contributed by atoms with Gasteiger partial charge in [-0.3, -0.25) is 0 Å². The van der Waals surface area contributed by atoms with Crippen molar-refractivity contribution in [2.24, 2.45) is 0 Å². The van der Waals surface area contributed by atoms with E-state index < -0.39 is 24.4 Å². The Morgan fingerprint density at radius 2 is 1.00 bits per heavy atom. The Labute approximate surface area is 163 Å². The number of rotatable bonds is 15. The summed E-state index contributed by atoms with van der Waals surface area (Å²) in [7, 11) is 0. The largest absolute Gasteiger partial charge is 0.498 e. The van der Waals surface area contributed by atoms with Crippen LogP contribution in [0.15, 0.2) is 61.7 Å². The van der Waals surface area contributed by atoms with Crippen LogP contribution in [0.4, 0.5) is 0 Å². The number of allylic oxidation sites excluding steroid dienone is 5. The number of ether oxygens (including phenoxy) is 5. The summed E-state index contributed by atoms with van der Waals surface area (Å²) in [6, 6.07) is 0. The molecule has 6 heteroatoms. The molecule has 6 nitrogen and oxygen atoms in total. The Bertz CT molecular complexity index is 481. The van der Waals surface area contributed by atoms with Crippen LogP contribution in [-0.2, 0) is 23.7 Å². The summed E-state index contributed by atoms with van der Waals surface area (Å²) in [6.07, 6.45) is 14.1. The van der Waals surface area contributed by atoms with Crippen LogP contribution in [0, 0.1) is 0 Å². The molecule has 0 amide bonds. The zero-order valence-electron chi connectivity index (χ0n) is 17.0. The van der Waals surface area contributed by atoms with Crippen LogP contribution in [0.3, 0.4) is 0 Å². The van der Waals surface area contributed by atoms with Gasteiger partial charge in [0.15, 0.2) is 24.4 Å². The van der Waals surface area contributed by atoms with Crippen molar-refractivity contribution in [3.8, 4) is 0 Å². The number of aliphatic hydroxyl groups is 1. The SMILES string of the molecule is CC=COC[C@H](OC=CC)[C@@H](OC=CC)[C@H](OC=CC)[C@@H](CO)OC=CC. The summed E-state index contributed by atoms with van der Waals surface area (Å²) in [6.45, 7) is 9.19. The highest BCUT2D eigenvalue weighted by molar-refractivity contribution is 4.92. The van der Waals surface area contributed by atoms with Crippen molar-refractivity contribution < 1.29 is 28.8 Å². The standard InChI is InChI=1S/C21H34O6/c1-6-11-23-17-19(25-13-8-3)21(27-15-10-5)20(26-14-9-4)18(16-22)24-12-7-2/h6-15,18-22H,16-17H2,1-5H3/t18-,19+,20-,21-/m1/s1. The average Bonchev–Trinajstić information content (AvgIpc) is 2.69. The van der Waals surface area contributed by atoms with Crippen LogP contribution in [0.5, 0.6) is 0 Å². The lowest BCUT2D eigenvalue weighted by molar-refractivity contribution is -0.135. The molecule has 0 bridgehead atoms. The molecule has 1 N–H and O–H groups in total. The molecule has 4 atom stereocenters. The molecule has 0 aromatic carbocycles. The molecule has 0 aliphatic rings. The summed E-state index contributed by atoms with van der Waals surface area (Å²) >= 11 is 0. The Morgan fingerprint density at radius 1 is 0.593 bits per heavy atom. The van der Waals surface area contributed by atoms with E-state index in [1.54, 1.807) is 49.2 Å². The minimum Gasteiger partial charge on any atom is -0.498 e. The highest BCUT2D eigenvalue weighted by Gasteiger charge is 2.39. The molecule has 0 aromatic rings. The quantitative estimate of drug-likeness (QED) is 0.428. The van der Waals surface area contributed by atoms with Gasteiger partial charge in [0.1, 0.15) is 6.61 Å². The lowest BCUT2D eigenvalue weighted by atomic mass is 10.0. The maximum atomic E-state index is 9.83.